The van der Waals surface area contributed by atoms with Crippen LogP contribution in [0.1, 0.15) is 17.5 Å². The number of ether oxygens (including phenoxy) is 1. The molecule has 1 heterocycles. The van der Waals surface area contributed by atoms with E-state index >= 15 is 0 Å². The van der Waals surface area contributed by atoms with Gasteiger partial charge in [-0.15, -0.1) is 0 Å². The molecule has 0 spiro atoms. The van der Waals surface area contributed by atoms with E-state index in [4.69, 9.17) is 9.15 Å². The molecule has 1 unspecified atom stereocenters. The summed E-state index contributed by atoms with van der Waals surface area (Å²) in [5.41, 5.74) is 0. The second-order valence-corrected chi connectivity index (χ2v) is 5.38. The van der Waals surface area contributed by atoms with Gasteiger partial charge in [0.1, 0.15) is 0 Å². The van der Waals surface area contributed by atoms with Gasteiger partial charge in [-0.3, -0.25) is 4.79 Å². The smallest absolute Gasteiger partial charge is 0.273 e. The summed E-state index contributed by atoms with van der Waals surface area (Å²) in [7, 11) is -2.14. The lowest BCUT2D eigenvalue weighted by Gasteiger charge is -2.10. The standard InChI is InChI=1S/C10H15NO5S/c1-8(7-15-2)5-11-17(13,14)10-4-3-9(6-12)16-10/h3-4,6,8,11H,5,7H2,1-2H3. The maximum absolute atomic E-state index is 11.7. The Morgan fingerprint density at radius 1 is 1.53 bits per heavy atom. The van der Waals surface area contributed by atoms with Crippen molar-refractivity contribution in [3.05, 3.63) is 17.9 Å². The Morgan fingerprint density at radius 3 is 2.76 bits per heavy atom. The normalized spacial score (nSPS) is 13.5. The first kappa shape index (κ1) is 13.9. The Hall–Kier alpha value is -1.18. The minimum Gasteiger partial charge on any atom is -0.440 e. The zero-order valence-corrected chi connectivity index (χ0v) is 10.5. The van der Waals surface area contributed by atoms with Gasteiger partial charge >= 0.3 is 0 Å². The summed E-state index contributed by atoms with van der Waals surface area (Å²) < 4.78 is 35.5. The molecule has 1 aromatic heterocycles. The van der Waals surface area contributed by atoms with Crippen molar-refractivity contribution < 1.29 is 22.4 Å². The van der Waals surface area contributed by atoms with Crippen molar-refractivity contribution >= 4 is 16.3 Å². The summed E-state index contributed by atoms with van der Waals surface area (Å²) >= 11 is 0. The molecule has 0 aliphatic carbocycles. The lowest BCUT2D eigenvalue weighted by molar-refractivity contribution is 0.109. The molecule has 7 heteroatoms. The molecule has 0 radical (unpaired) electrons. The van der Waals surface area contributed by atoms with E-state index in [9.17, 15) is 13.2 Å². The number of carbonyl (C=O) groups excluding carboxylic acids is 1. The highest BCUT2D eigenvalue weighted by molar-refractivity contribution is 7.89. The van der Waals surface area contributed by atoms with Crippen LogP contribution in [0.25, 0.3) is 0 Å². The van der Waals surface area contributed by atoms with Crippen LogP contribution in [0.2, 0.25) is 0 Å². The summed E-state index contributed by atoms with van der Waals surface area (Å²) in [5.74, 6) is 0.0330. The van der Waals surface area contributed by atoms with E-state index in [0.29, 0.717) is 12.9 Å². The molecular formula is C10H15NO5S. The fourth-order valence-electron chi connectivity index (χ4n) is 1.21. The molecule has 0 bridgehead atoms. The van der Waals surface area contributed by atoms with Crippen LogP contribution in [0.3, 0.4) is 0 Å². The van der Waals surface area contributed by atoms with E-state index < -0.39 is 10.0 Å². The van der Waals surface area contributed by atoms with Crippen LogP contribution in [-0.4, -0.2) is 35.0 Å². The summed E-state index contributed by atoms with van der Waals surface area (Å²) in [6.45, 7) is 2.55. The van der Waals surface area contributed by atoms with Crippen molar-refractivity contribution in [2.24, 2.45) is 5.92 Å². The van der Waals surface area contributed by atoms with Crippen molar-refractivity contribution in [2.45, 2.75) is 12.0 Å². The molecular weight excluding hydrogens is 246 g/mol. The van der Waals surface area contributed by atoms with E-state index in [2.05, 4.69) is 4.72 Å². The molecule has 96 valence electrons. The summed E-state index contributed by atoms with van der Waals surface area (Å²) in [6, 6.07) is 2.55. The van der Waals surface area contributed by atoms with Crippen molar-refractivity contribution in [3.8, 4) is 0 Å². The van der Waals surface area contributed by atoms with Crippen molar-refractivity contribution in [1.82, 2.24) is 4.72 Å². The predicted molar refractivity (Wildman–Crippen MR) is 60.3 cm³/mol. The number of hydrogen-bond donors (Lipinski definition) is 1. The number of methoxy groups -OCH3 is 1. The highest BCUT2D eigenvalue weighted by Crippen LogP contribution is 2.12. The van der Waals surface area contributed by atoms with Crippen LogP contribution >= 0.6 is 0 Å². The topological polar surface area (TPSA) is 85.6 Å². The Balaban J connectivity index is 2.65. The minimum absolute atomic E-state index is 0.0182. The number of sulfonamides is 1. The molecule has 1 aromatic rings. The van der Waals surface area contributed by atoms with Gasteiger partial charge in [-0.05, 0) is 18.1 Å². The molecule has 0 aliphatic rings. The quantitative estimate of drug-likeness (QED) is 0.728. The molecule has 17 heavy (non-hydrogen) atoms. The van der Waals surface area contributed by atoms with E-state index in [1.54, 1.807) is 7.11 Å². The fourth-order valence-corrected chi connectivity index (χ4v) is 2.31. The van der Waals surface area contributed by atoms with Crippen molar-refractivity contribution in [3.63, 3.8) is 0 Å². The third-order valence-electron chi connectivity index (χ3n) is 2.06. The van der Waals surface area contributed by atoms with Crippen molar-refractivity contribution in [2.75, 3.05) is 20.3 Å². The lowest BCUT2D eigenvalue weighted by Crippen LogP contribution is -2.29. The van der Waals surface area contributed by atoms with Gasteiger partial charge in [0.25, 0.3) is 10.0 Å². The molecule has 0 saturated heterocycles. The largest absolute Gasteiger partial charge is 0.440 e. The summed E-state index contributed by atoms with van der Waals surface area (Å²) in [6.07, 6.45) is 0.451. The molecule has 1 rings (SSSR count). The number of rotatable bonds is 7. The van der Waals surface area contributed by atoms with Crippen LogP contribution in [0.4, 0.5) is 0 Å². The van der Waals surface area contributed by atoms with E-state index in [1.165, 1.54) is 12.1 Å². The fraction of sp³-hybridized carbons (Fsp3) is 0.500. The Kier molecular flexibility index (Phi) is 4.86. The number of carbonyl (C=O) groups is 1. The van der Waals surface area contributed by atoms with Crippen LogP contribution in [0.15, 0.2) is 21.6 Å². The van der Waals surface area contributed by atoms with Gasteiger partial charge in [-0.25, -0.2) is 13.1 Å². The SMILES string of the molecule is COCC(C)CNS(=O)(=O)c1ccc(C=O)o1. The molecule has 0 amide bonds. The average molecular weight is 261 g/mol. The van der Waals surface area contributed by atoms with Gasteiger partial charge in [0, 0.05) is 20.3 Å². The third-order valence-corrected chi connectivity index (χ3v) is 3.35. The lowest BCUT2D eigenvalue weighted by atomic mass is 10.2. The van der Waals surface area contributed by atoms with Gasteiger partial charge in [0.05, 0.1) is 0 Å². The Morgan fingerprint density at radius 2 is 2.24 bits per heavy atom. The molecule has 0 aromatic carbocycles. The van der Waals surface area contributed by atoms with Crippen LogP contribution in [-0.2, 0) is 14.8 Å². The minimum atomic E-state index is -3.69. The first-order chi connectivity index (χ1) is 7.99. The zero-order valence-electron chi connectivity index (χ0n) is 9.67. The molecule has 1 atom stereocenters. The molecule has 0 saturated carbocycles. The second kappa shape index (κ2) is 5.95. The Labute approximate surface area is 100 Å². The van der Waals surface area contributed by atoms with Crippen molar-refractivity contribution in [1.29, 1.82) is 0 Å². The monoisotopic (exact) mass is 261 g/mol. The Bertz CT molecular complexity index is 465. The molecule has 1 N–H and O–H groups in total. The molecule has 0 fully saturated rings. The number of furan rings is 1. The maximum atomic E-state index is 11.7. The van der Waals surface area contributed by atoms with Crippen LogP contribution < -0.4 is 4.72 Å². The van der Waals surface area contributed by atoms with Gasteiger partial charge in [-0.1, -0.05) is 6.92 Å². The van der Waals surface area contributed by atoms with Gasteiger partial charge in [0.2, 0.25) is 5.09 Å². The maximum Gasteiger partial charge on any atom is 0.273 e. The number of nitrogens with one attached hydrogen (secondary N) is 1. The number of hydrogen-bond acceptors (Lipinski definition) is 5. The van der Waals surface area contributed by atoms with Gasteiger partial charge in [0.15, 0.2) is 12.0 Å². The summed E-state index contributed by atoms with van der Waals surface area (Å²) in [4.78, 5) is 10.4. The highest BCUT2D eigenvalue weighted by Gasteiger charge is 2.19. The molecule has 6 nitrogen and oxygen atoms in total. The van der Waals surface area contributed by atoms with Crippen LogP contribution in [0, 0.1) is 5.92 Å². The summed E-state index contributed by atoms with van der Waals surface area (Å²) in [5, 5.41) is -0.260. The number of aldehydes is 1. The zero-order chi connectivity index (χ0) is 12.9. The first-order valence-corrected chi connectivity index (χ1v) is 6.51. The molecule has 0 aliphatic heterocycles. The van der Waals surface area contributed by atoms with Gasteiger partial charge < -0.3 is 9.15 Å². The highest BCUT2D eigenvalue weighted by atomic mass is 32.2. The van der Waals surface area contributed by atoms with Crippen LogP contribution in [0.5, 0.6) is 0 Å². The van der Waals surface area contributed by atoms with E-state index in [1.807, 2.05) is 6.92 Å². The van der Waals surface area contributed by atoms with Gasteiger partial charge in [-0.2, -0.15) is 0 Å². The average Bonchev–Trinajstić information content (AvgIpc) is 2.76. The predicted octanol–water partition coefficient (Wildman–Crippen LogP) is 0.653. The second-order valence-electron chi connectivity index (χ2n) is 3.69. The third kappa shape index (κ3) is 3.95. The first-order valence-electron chi connectivity index (χ1n) is 5.03. The van der Waals surface area contributed by atoms with E-state index in [-0.39, 0.29) is 23.3 Å². The van der Waals surface area contributed by atoms with E-state index in [0.717, 1.165) is 0 Å².